The summed E-state index contributed by atoms with van der Waals surface area (Å²) in [6.45, 7) is 5.68. The SMILES string of the molecule is CC1=CC(=O)C(C(C)C)=C/C1=N\OC(=O)C(c1ccccc1)c1ccccc1. The molecule has 0 saturated carbocycles. The minimum atomic E-state index is -0.574. The van der Waals surface area contributed by atoms with Crippen LogP contribution >= 0.6 is 0 Å². The Morgan fingerprint density at radius 2 is 1.43 bits per heavy atom. The van der Waals surface area contributed by atoms with Crippen LogP contribution in [0.4, 0.5) is 0 Å². The maximum Gasteiger partial charge on any atom is 0.346 e. The topological polar surface area (TPSA) is 55.7 Å². The van der Waals surface area contributed by atoms with Crippen molar-refractivity contribution >= 4 is 17.5 Å². The van der Waals surface area contributed by atoms with Crippen molar-refractivity contribution < 1.29 is 14.4 Å². The molecule has 2 aromatic rings. The predicted molar refractivity (Wildman–Crippen MR) is 110 cm³/mol. The molecule has 0 saturated heterocycles. The number of hydrogen-bond donors (Lipinski definition) is 0. The lowest BCUT2D eigenvalue weighted by Crippen LogP contribution is -2.18. The third-order valence-corrected chi connectivity index (χ3v) is 4.69. The van der Waals surface area contributed by atoms with Crippen LogP contribution in [0.5, 0.6) is 0 Å². The fourth-order valence-electron chi connectivity index (χ4n) is 3.14. The van der Waals surface area contributed by atoms with Gasteiger partial charge in [-0.2, -0.15) is 0 Å². The van der Waals surface area contributed by atoms with Crippen molar-refractivity contribution in [1.29, 1.82) is 0 Å². The molecule has 0 atom stereocenters. The number of rotatable bonds is 5. The summed E-state index contributed by atoms with van der Waals surface area (Å²) in [5.41, 5.74) is 3.50. The lowest BCUT2D eigenvalue weighted by molar-refractivity contribution is -0.144. The molecule has 0 heterocycles. The van der Waals surface area contributed by atoms with Gasteiger partial charge in [0.1, 0.15) is 11.6 Å². The third kappa shape index (κ3) is 4.34. The number of carbonyl (C=O) groups excluding carboxylic acids is 2. The third-order valence-electron chi connectivity index (χ3n) is 4.69. The Labute approximate surface area is 165 Å². The summed E-state index contributed by atoms with van der Waals surface area (Å²) >= 11 is 0. The van der Waals surface area contributed by atoms with Gasteiger partial charge >= 0.3 is 5.97 Å². The highest BCUT2D eigenvalue weighted by molar-refractivity contribution is 6.21. The summed E-state index contributed by atoms with van der Waals surface area (Å²) in [6, 6.07) is 19.0. The second-order valence-corrected chi connectivity index (χ2v) is 7.09. The fraction of sp³-hybridized carbons (Fsp3) is 0.208. The van der Waals surface area contributed by atoms with Crippen LogP contribution in [-0.2, 0) is 14.4 Å². The van der Waals surface area contributed by atoms with Gasteiger partial charge in [-0.1, -0.05) is 79.7 Å². The van der Waals surface area contributed by atoms with E-state index in [2.05, 4.69) is 5.16 Å². The van der Waals surface area contributed by atoms with Crippen LogP contribution in [0.25, 0.3) is 0 Å². The number of nitrogens with zero attached hydrogens (tertiary/aromatic N) is 1. The van der Waals surface area contributed by atoms with Crippen molar-refractivity contribution in [3.05, 3.63) is 95.1 Å². The molecule has 4 heteroatoms. The number of ketones is 1. The molecule has 0 bridgehead atoms. The van der Waals surface area contributed by atoms with E-state index in [1.54, 1.807) is 13.0 Å². The van der Waals surface area contributed by atoms with Gasteiger partial charge in [-0.25, -0.2) is 4.79 Å². The molecule has 0 fully saturated rings. The minimum absolute atomic E-state index is 0.0239. The van der Waals surface area contributed by atoms with E-state index < -0.39 is 11.9 Å². The summed E-state index contributed by atoms with van der Waals surface area (Å²) < 4.78 is 0. The molecule has 0 N–H and O–H groups in total. The van der Waals surface area contributed by atoms with E-state index in [-0.39, 0.29) is 11.7 Å². The van der Waals surface area contributed by atoms with E-state index in [4.69, 9.17) is 4.84 Å². The summed E-state index contributed by atoms with van der Waals surface area (Å²) in [6.07, 6.45) is 3.24. The zero-order valence-electron chi connectivity index (χ0n) is 16.3. The van der Waals surface area contributed by atoms with E-state index in [0.717, 1.165) is 11.1 Å². The molecule has 4 nitrogen and oxygen atoms in total. The predicted octanol–water partition coefficient (Wildman–Crippen LogP) is 4.83. The van der Waals surface area contributed by atoms with E-state index in [9.17, 15) is 9.59 Å². The van der Waals surface area contributed by atoms with Gasteiger partial charge in [-0.15, -0.1) is 0 Å². The smallest absolute Gasteiger partial charge is 0.317 e. The average Bonchev–Trinajstić information content (AvgIpc) is 2.69. The number of oxime groups is 1. The van der Waals surface area contributed by atoms with E-state index >= 15 is 0 Å². The Balaban J connectivity index is 1.90. The molecular weight excluding hydrogens is 350 g/mol. The van der Waals surface area contributed by atoms with Crippen LogP contribution in [0.1, 0.15) is 37.8 Å². The van der Waals surface area contributed by atoms with Crippen molar-refractivity contribution in [1.82, 2.24) is 0 Å². The van der Waals surface area contributed by atoms with Gasteiger partial charge < -0.3 is 4.84 Å². The molecule has 0 radical (unpaired) electrons. The van der Waals surface area contributed by atoms with Gasteiger partial charge in [0, 0.05) is 5.57 Å². The van der Waals surface area contributed by atoms with Crippen molar-refractivity contribution in [3.8, 4) is 0 Å². The van der Waals surface area contributed by atoms with E-state index in [1.807, 2.05) is 74.5 Å². The van der Waals surface area contributed by atoms with Crippen LogP contribution in [0.3, 0.4) is 0 Å². The number of hydrogen-bond acceptors (Lipinski definition) is 4. The van der Waals surface area contributed by atoms with Crippen molar-refractivity contribution in [2.45, 2.75) is 26.7 Å². The highest BCUT2D eigenvalue weighted by atomic mass is 16.7. The van der Waals surface area contributed by atoms with Crippen LogP contribution in [-0.4, -0.2) is 17.5 Å². The number of benzene rings is 2. The van der Waals surface area contributed by atoms with Gasteiger partial charge in [0.2, 0.25) is 0 Å². The minimum Gasteiger partial charge on any atom is -0.317 e. The number of carbonyl (C=O) groups is 2. The Hall–Kier alpha value is -3.27. The Morgan fingerprint density at radius 3 is 1.93 bits per heavy atom. The highest BCUT2D eigenvalue weighted by Gasteiger charge is 2.25. The Morgan fingerprint density at radius 1 is 0.893 bits per heavy atom. The molecule has 2 aromatic carbocycles. The van der Waals surface area contributed by atoms with Crippen LogP contribution < -0.4 is 0 Å². The van der Waals surface area contributed by atoms with Crippen LogP contribution in [0.2, 0.25) is 0 Å². The highest BCUT2D eigenvalue weighted by Crippen LogP contribution is 2.26. The van der Waals surface area contributed by atoms with E-state index in [1.165, 1.54) is 6.08 Å². The molecule has 28 heavy (non-hydrogen) atoms. The normalized spacial score (nSPS) is 15.6. The Bertz CT molecular complexity index is 914. The molecular formula is C24H23NO3. The lowest BCUT2D eigenvalue weighted by Gasteiger charge is -2.17. The number of allylic oxidation sites excluding steroid dienone is 4. The standard InChI is InChI=1S/C24H23NO3/c1-16(2)20-15-21(17(3)14-22(20)26)25-28-24(27)23(18-10-6-4-7-11-18)19-12-8-5-9-13-19/h4-16,23H,1-3H3/b25-21+. The summed E-state index contributed by atoms with van der Waals surface area (Å²) in [7, 11) is 0. The van der Waals surface area contributed by atoms with E-state index in [0.29, 0.717) is 16.9 Å². The molecule has 1 aliphatic carbocycles. The van der Waals surface area contributed by atoms with Gasteiger partial charge in [-0.3, -0.25) is 4.79 Å². The maximum atomic E-state index is 12.9. The van der Waals surface area contributed by atoms with Gasteiger partial charge in [0.25, 0.3) is 0 Å². The fourth-order valence-corrected chi connectivity index (χ4v) is 3.14. The molecule has 3 rings (SSSR count). The van der Waals surface area contributed by atoms with Gasteiger partial charge in [0.15, 0.2) is 5.78 Å². The first-order valence-electron chi connectivity index (χ1n) is 9.30. The zero-order chi connectivity index (χ0) is 20.1. The van der Waals surface area contributed by atoms with Crippen molar-refractivity contribution in [2.75, 3.05) is 0 Å². The average molecular weight is 373 g/mol. The van der Waals surface area contributed by atoms with Crippen molar-refractivity contribution in [2.24, 2.45) is 11.1 Å². The zero-order valence-corrected chi connectivity index (χ0v) is 16.3. The van der Waals surface area contributed by atoms with Crippen molar-refractivity contribution in [3.63, 3.8) is 0 Å². The summed E-state index contributed by atoms with van der Waals surface area (Å²) in [5.74, 6) is -0.993. The molecule has 142 valence electrons. The van der Waals surface area contributed by atoms with Crippen LogP contribution in [0, 0.1) is 5.92 Å². The second-order valence-electron chi connectivity index (χ2n) is 7.09. The summed E-state index contributed by atoms with van der Waals surface area (Å²) in [5, 5.41) is 4.07. The molecule has 0 amide bonds. The van der Waals surface area contributed by atoms with Crippen LogP contribution in [0.15, 0.2) is 89.1 Å². The monoisotopic (exact) mass is 373 g/mol. The molecule has 1 aliphatic rings. The first-order chi connectivity index (χ1) is 13.5. The first kappa shape index (κ1) is 19.5. The Kier molecular flexibility index (Phi) is 5.99. The molecule has 0 spiro atoms. The van der Waals surface area contributed by atoms with Gasteiger partial charge in [-0.05, 0) is 41.7 Å². The first-order valence-corrected chi connectivity index (χ1v) is 9.30. The molecule has 0 unspecified atom stereocenters. The summed E-state index contributed by atoms with van der Waals surface area (Å²) in [4.78, 5) is 30.4. The largest absolute Gasteiger partial charge is 0.346 e. The maximum absolute atomic E-state index is 12.9. The molecule has 0 aliphatic heterocycles. The molecule has 0 aromatic heterocycles. The van der Waals surface area contributed by atoms with Gasteiger partial charge in [0.05, 0.1) is 0 Å². The lowest BCUT2D eigenvalue weighted by atomic mass is 9.90. The quantitative estimate of drug-likeness (QED) is 0.428. The second kappa shape index (κ2) is 8.61.